The lowest BCUT2D eigenvalue weighted by Crippen LogP contribution is -2.44. The molecule has 0 radical (unpaired) electrons. The van der Waals surface area contributed by atoms with Gasteiger partial charge in [0, 0.05) is 5.56 Å². The number of esters is 1. The first kappa shape index (κ1) is 19.3. The zero-order chi connectivity index (χ0) is 18.2. The minimum absolute atomic E-state index is 0.169. The summed E-state index contributed by atoms with van der Waals surface area (Å²) in [7, 11) is 1.43. The molecule has 0 spiro atoms. The Bertz CT molecular complexity index is 604. The van der Waals surface area contributed by atoms with E-state index < -0.39 is 37.2 Å². The number of hydrogen-bond donors (Lipinski definition) is 2. The molecule has 3 amide bonds. The van der Waals surface area contributed by atoms with Gasteiger partial charge in [0.25, 0.3) is 5.91 Å². The topological polar surface area (TPSA) is 93.7 Å². The monoisotopic (exact) mass is 348 g/mol. The summed E-state index contributed by atoms with van der Waals surface area (Å²) in [6.07, 6.45) is -4.76. The molecular weight excluding hydrogens is 333 g/mol. The molecule has 0 aromatic heterocycles. The summed E-state index contributed by atoms with van der Waals surface area (Å²) < 4.78 is 45.3. The van der Waals surface area contributed by atoms with Crippen molar-refractivity contribution in [3.8, 4) is 5.75 Å². The Balaban J connectivity index is 2.36. The van der Waals surface area contributed by atoms with Crippen molar-refractivity contribution in [2.24, 2.45) is 0 Å². The van der Waals surface area contributed by atoms with E-state index in [0.29, 0.717) is 11.3 Å². The number of halogens is 3. The van der Waals surface area contributed by atoms with Gasteiger partial charge in [-0.25, -0.2) is 4.79 Å². The molecule has 0 aliphatic rings. The SMILES string of the molecule is COc1ccccc1CC(=O)OCC(=O)NC(=O)NCC(F)(F)F. The van der Waals surface area contributed by atoms with Crippen LogP contribution >= 0.6 is 0 Å². The van der Waals surface area contributed by atoms with E-state index in [0.717, 1.165) is 0 Å². The molecule has 1 aromatic rings. The van der Waals surface area contributed by atoms with Crippen LogP contribution in [0.2, 0.25) is 0 Å². The fraction of sp³-hybridized carbons (Fsp3) is 0.357. The molecule has 0 heterocycles. The highest BCUT2D eigenvalue weighted by Gasteiger charge is 2.28. The lowest BCUT2D eigenvalue weighted by molar-refractivity contribution is -0.147. The third kappa shape index (κ3) is 7.47. The van der Waals surface area contributed by atoms with Gasteiger partial charge in [-0.15, -0.1) is 0 Å². The largest absolute Gasteiger partial charge is 0.496 e. The molecule has 0 fully saturated rings. The van der Waals surface area contributed by atoms with Crippen LogP contribution in [0.15, 0.2) is 24.3 Å². The van der Waals surface area contributed by atoms with Crippen LogP contribution < -0.4 is 15.4 Å². The first-order valence-corrected chi connectivity index (χ1v) is 6.63. The summed E-state index contributed by atoms with van der Waals surface area (Å²) in [5.74, 6) is -1.35. The van der Waals surface area contributed by atoms with E-state index in [9.17, 15) is 27.6 Å². The van der Waals surface area contributed by atoms with Gasteiger partial charge in [-0.2, -0.15) is 13.2 Å². The van der Waals surface area contributed by atoms with Gasteiger partial charge in [0.1, 0.15) is 12.3 Å². The molecule has 0 saturated heterocycles. The zero-order valence-corrected chi connectivity index (χ0v) is 12.6. The van der Waals surface area contributed by atoms with Crippen molar-refractivity contribution < 1.29 is 37.0 Å². The molecule has 0 bridgehead atoms. The molecule has 24 heavy (non-hydrogen) atoms. The van der Waals surface area contributed by atoms with E-state index in [1.54, 1.807) is 29.6 Å². The number of rotatable bonds is 6. The quantitative estimate of drug-likeness (QED) is 0.753. The van der Waals surface area contributed by atoms with Gasteiger partial charge in [0.2, 0.25) is 0 Å². The van der Waals surface area contributed by atoms with Gasteiger partial charge in [0.15, 0.2) is 6.61 Å². The number of nitrogens with one attached hydrogen (secondary N) is 2. The maximum Gasteiger partial charge on any atom is 0.405 e. The fourth-order valence-corrected chi connectivity index (χ4v) is 1.59. The second-order valence-electron chi connectivity index (χ2n) is 4.50. The predicted octanol–water partition coefficient (Wildman–Crippen LogP) is 1.17. The summed E-state index contributed by atoms with van der Waals surface area (Å²) in [5, 5.41) is 3.05. The van der Waals surface area contributed by atoms with Crippen LogP contribution in [-0.2, 0) is 20.7 Å². The number of carbonyl (C=O) groups is 3. The average molecular weight is 348 g/mol. The van der Waals surface area contributed by atoms with Crippen LogP contribution in [0.4, 0.5) is 18.0 Å². The number of urea groups is 1. The summed E-state index contributed by atoms with van der Waals surface area (Å²) in [4.78, 5) is 33.9. The molecule has 0 atom stereocenters. The molecule has 1 rings (SSSR count). The highest BCUT2D eigenvalue weighted by atomic mass is 19.4. The van der Waals surface area contributed by atoms with Crippen LogP contribution in [0.3, 0.4) is 0 Å². The number of methoxy groups -OCH3 is 1. The van der Waals surface area contributed by atoms with Crippen molar-refractivity contribution in [1.29, 1.82) is 0 Å². The Morgan fingerprint density at radius 2 is 1.83 bits per heavy atom. The Hall–Kier alpha value is -2.78. The van der Waals surface area contributed by atoms with Crippen molar-refractivity contribution in [2.75, 3.05) is 20.3 Å². The average Bonchev–Trinajstić information content (AvgIpc) is 2.51. The number of ether oxygens (including phenoxy) is 2. The zero-order valence-electron chi connectivity index (χ0n) is 12.6. The molecule has 1 aromatic carbocycles. The van der Waals surface area contributed by atoms with Crippen LogP contribution in [0, 0.1) is 0 Å². The first-order valence-electron chi connectivity index (χ1n) is 6.63. The molecule has 0 saturated carbocycles. The van der Waals surface area contributed by atoms with Gasteiger partial charge >= 0.3 is 18.2 Å². The van der Waals surface area contributed by atoms with Crippen LogP contribution in [0.25, 0.3) is 0 Å². The highest BCUT2D eigenvalue weighted by Crippen LogP contribution is 2.18. The Morgan fingerprint density at radius 3 is 2.46 bits per heavy atom. The molecular formula is C14H15F3N2O5. The normalized spacial score (nSPS) is 10.7. The van der Waals surface area contributed by atoms with Gasteiger partial charge < -0.3 is 14.8 Å². The van der Waals surface area contributed by atoms with E-state index in [1.165, 1.54) is 12.4 Å². The number of alkyl halides is 3. The Labute approximate surface area is 135 Å². The number of para-hydroxylation sites is 1. The number of amides is 3. The maximum atomic E-state index is 11.9. The molecule has 0 aliphatic carbocycles. The van der Waals surface area contributed by atoms with E-state index in [4.69, 9.17) is 4.74 Å². The second-order valence-corrected chi connectivity index (χ2v) is 4.50. The summed E-state index contributed by atoms with van der Waals surface area (Å²) in [5.41, 5.74) is 0.535. The number of carbonyl (C=O) groups excluding carboxylic acids is 3. The van der Waals surface area contributed by atoms with Crippen molar-refractivity contribution in [2.45, 2.75) is 12.6 Å². The van der Waals surface area contributed by atoms with Crippen molar-refractivity contribution in [3.05, 3.63) is 29.8 Å². The predicted molar refractivity (Wildman–Crippen MR) is 75.3 cm³/mol. The van der Waals surface area contributed by atoms with E-state index in [2.05, 4.69) is 4.74 Å². The minimum atomic E-state index is -4.60. The Kier molecular flexibility index (Phi) is 7.02. The maximum absolute atomic E-state index is 11.9. The highest BCUT2D eigenvalue weighted by molar-refractivity contribution is 5.95. The third-order valence-electron chi connectivity index (χ3n) is 2.59. The third-order valence-corrected chi connectivity index (χ3v) is 2.59. The Morgan fingerprint density at radius 1 is 1.17 bits per heavy atom. The van der Waals surface area contributed by atoms with Crippen LogP contribution in [0.1, 0.15) is 5.56 Å². The van der Waals surface area contributed by atoms with E-state index >= 15 is 0 Å². The number of imide groups is 1. The standard InChI is InChI=1S/C14H15F3N2O5/c1-23-10-5-3-2-4-9(10)6-12(21)24-7-11(20)19-13(22)18-8-14(15,16)17/h2-5H,6-8H2,1H3,(H2,18,19,20,22). The molecule has 0 aliphatic heterocycles. The smallest absolute Gasteiger partial charge is 0.405 e. The van der Waals surface area contributed by atoms with E-state index in [1.807, 2.05) is 0 Å². The van der Waals surface area contributed by atoms with Gasteiger partial charge in [-0.05, 0) is 6.07 Å². The molecule has 7 nitrogen and oxygen atoms in total. The second kappa shape index (κ2) is 8.75. The van der Waals surface area contributed by atoms with Crippen molar-refractivity contribution >= 4 is 17.9 Å². The summed E-state index contributed by atoms with van der Waals surface area (Å²) in [6.45, 7) is -2.38. The van der Waals surface area contributed by atoms with Crippen LogP contribution in [-0.4, -0.2) is 44.3 Å². The van der Waals surface area contributed by atoms with Crippen molar-refractivity contribution in [1.82, 2.24) is 10.6 Å². The molecule has 2 N–H and O–H groups in total. The van der Waals surface area contributed by atoms with Crippen molar-refractivity contribution in [3.63, 3.8) is 0 Å². The van der Waals surface area contributed by atoms with Gasteiger partial charge in [0.05, 0.1) is 13.5 Å². The molecule has 0 unspecified atom stereocenters. The van der Waals surface area contributed by atoms with E-state index in [-0.39, 0.29) is 6.42 Å². The molecule has 132 valence electrons. The molecule has 10 heteroatoms. The van der Waals surface area contributed by atoms with Gasteiger partial charge in [-0.3, -0.25) is 14.9 Å². The lowest BCUT2D eigenvalue weighted by Gasteiger charge is -2.10. The number of hydrogen-bond acceptors (Lipinski definition) is 5. The fourth-order valence-electron chi connectivity index (χ4n) is 1.59. The lowest BCUT2D eigenvalue weighted by atomic mass is 10.1. The minimum Gasteiger partial charge on any atom is -0.496 e. The summed E-state index contributed by atoms with van der Waals surface area (Å²) in [6, 6.07) is 5.33. The summed E-state index contributed by atoms with van der Waals surface area (Å²) >= 11 is 0. The number of benzene rings is 1. The van der Waals surface area contributed by atoms with Gasteiger partial charge in [-0.1, -0.05) is 18.2 Å². The first-order chi connectivity index (χ1) is 11.2. The van der Waals surface area contributed by atoms with Crippen LogP contribution in [0.5, 0.6) is 5.75 Å².